The van der Waals surface area contributed by atoms with E-state index in [0.29, 0.717) is 32.3 Å². The number of carboxylic acid groups (broad SMARTS) is 1. The number of hydrogen-bond acceptors (Lipinski definition) is 7. The summed E-state index contributed by atoms with van der Waals surface area (Å²) in [7, 11) is 0. The van der Waals surface area contributed by atoms with Crippen molar-refractivity contribution in [2.24, 2.45) is 46.3 Å². The van der Waals surface area contributed by atoms with Gasteiger partial charge in [0, 0.05) is 17.8 Å². The molecule has 4 aliphatic carbocycles. The van der Waals surface area contributed by atoms with Crippen molar-refractivity contribution in [2.75, 3.05) is 0 Å². The molecular weight excluding hydrogens is 452 g/mol. The lowest BCUT2D eigenvalue weighted by atomic mass is 9.43. The van der Waals surface area contributed by atoms with Gasteiger partial charge in [-0.2, -0.15) is 0 Å². The van der Waals surface area contributed by atoms with Crippen molar-refractivity contribution < 1.29 is 38.5 Å². The maximum atomic E-state index is 11.7. The second kappa shape index (κ2) is 10.1. The van der Waals surface area contributed by atoms with E-state index in [1.165, 1.54) is 0 Å². The summed E-state index contributed by atoms with van der Waals surface area (Å²) < 4.78 is 17.0. The van der Waals surface area contributed by atoms with Crippen LogP contribution in [0.1, 0.15) is 78.6 Å². The molecule has 0 bridgehead atoms. The van der Waals surface area contributed by atoms with Crippen molar-refractivity contribution in [1.82, 2.24) is 0 Å². The number of fused-ring (bicyclic) bond motifs is 5. The van der Waals surface area contributed by atoms with Crippen LogP contribution in [0.4, 0.5) is 0 Å². The van der Waals surface area contributed by atoms with E-state index < -0.39 is 5.97 Å². The van der Waals surface area contributed by atoms with Crippen LogP contribution < -0.4 is 0 Å². The summed E-state index contributed by atoms with van der Waals surface area (Å²) in [4.78, 5) is 45.5. The van der Waals surface area contributed by atoms with E-state index >= 15 is 0 Å². The SMILES string of the molecule is C[C@H](CCC(=O)O)C1CC[C@H]2[C@H]3[C@H](OC=O)C[C@@H]4C[C@H](OC=O)CC[C@]4(C)[C@H]3C[C@@H](OC=O)[C@]12C. The number of aliphatic carboxylic acids is 1. The number of ether oxygens (including phenoxy) is 3. The van der Waals surface area contributed by atoms with Crippen molar-refractivity contribution in [3.63, 3.8) is 0 Å². The molecule has 0 radical (unpaired) electrons. The van der Waals surface area contributed by atoms with Crippen LogP contribution in [-0.2, 0) is 33.4 Å². The zero-order valence-electron chi connectivity index (χ0n) is 21.1. The molecule has 8 heteroatoms. The normalized spacial score (nSPS) is 45.1. The first kappa shape index (κ1) is 26.0. The molecule has 0 aromatic carbocycles. The molecule has 196 valence electrons. The van der Waals surface area contributed by atoms with Gasteiger partial charge in [0.25, 0.3) is 19.4 Å². The Kier molecular flexibility index (Phi) is 7.49. The number of carbonyl (C=O) groups is 4. The van der Waals surface area contributed by atoms with Gasteiger partial charge in [-0.1, -0.05) is 20.8 Å². The summed E-state index contributed by atoms with van der Waals surface area (Å²) in [6.07, 6.45) is 5.98. The van der Waals surface area contributed by atoms with Crippen LogP contribution in [0, 0.1) is 46.3 Å². The molecule has 8 nitrogen and oxygen atoms in total. The zero-order valence-corrected chi connectivity index (χ0v) is 21.1. The van der Waals surface area contributed by atoms with Crippen molar-refractivity contribution in [1.29, 1.82) is 0 Å². The first-order chi connectivity index (χ1) is 16.7. The predicted octanol–water partition coefficient (Wildman–Crippen LogP) is 3.99. The zero-order chi connectivity index (χ0) is 25.4. The van der Waals surface area contributed by atoms with Crippen LogP contribution in [0.25, 0.3) is 0 Å². The molecule has 4 saturated carbocycles. The fourth-order valence-electron chi connectivity index (χ4n) is 9.30. The van der Waals surface area contributed by atoms with E-state index in [-0.39, 0.29) is 71.1 Å². The monoisotopic (exact) mass is 492 g/mol. The summed E-state index contributed by atoms with van der Waals surface area (Å²) >= 11 is 0. The fraction of sp³-hybridized carbons (Fsp3) is 0.852. The Labute approximate surface area is 207 Å². The van der Waals surface area contributed by atoms with Crippen LogP contribution in [-0.4, -0.2) is 48.8 Å². The van der Waals surface area contributed by atoms with Gasteiger partial charge in [-0.15, -0.1) is 0 Å². The van der Waals surface area contributed by atoms with Gasteiger partial charge < -0.3 is 19.3 Å². The summed E-state index contributed by atoms with van der Waals surface area (Å²) in [5.74, 6) is 0.481. The third-order valence-electron chi connectivity index (χ3n) is 11.0. The lowest BCUT2D eigenvalue weighted by molar-refractivity contribution is -0.218. The second-order valence-corrected chi connectivity index (χ2v) is 12.0. The van der Waals surface area contributed by atoms with Gasteiger partial charge in [0.1, 0.15) is 18.3 Å². The second-order valence-electron chi connectivity index (χ2n) is 12.0. The molecule has 0 saturated heterocycles. The van der Waals surface area contributed by atoms with Crippen molar-refractivity contribution in [3.05, 3.63) is 0 Å². The Hall–Kier alpha value is -2.12. The summed E-state index contributed by atoms with van der Waals surface area (Å²) in [5, 5.41) is 9.23. The van der Waals surface area contributed by atoms with E-state index in [1.54, 1.807) is 0 Å². The van der Waals surface area contributed by atoms with E-state index in [2.05, 4.69) is 20.8 Å². The fourth-order valence-corrected chi connectivity index (χ4v) is 9.30. The van der Waals surface area contributed by atoms with Gasteiger partial charge in [-0.05, 0) is 86.4 Å². The van der Waals surface area contributed by atoms with Gasteiger partial charge >= 0.3 is 5.97 Å². The van der Waals surface area contributed by atoms with Crippen molar-refractivity contribution in [2.45, 2.75) is 96.9 Å². The largest absolute Gasteiger partial charge is 0.481 e. The minimum absolute atomic E-state index is 0.0189. The Bertz CT molecular complexity index is 815. The van der Waals surface area contributed by atoms with E-state index in [4.69, 9.17) is 14.2 Å². The van der Waals surface area contributed by atoms with Gasteiger partial charge in [-0.3, -0.25) is 19.2 Å². The van der Waals surface area contributed by atoms with Crippen LogP contribution in [0.5, 0.6) is 0 Å². The lowest BCUT2D eigenvalue weighted by Gasteiger charge is -2.64. The highest BCUT2D eigenvalue weighted by Gasteiger charge is 2.67. The first-order valence-electron chi connectivity index (χ1n) is 13.2. The molecule has 4 rings (SSSR count). The van der Waals surface area contributed by atoms with Crippen molar-refractivity contribution >= 4 is 25.4 Å². The van der Waals surface area contributed by atoms with Gasteiger partial charge in [0.15, 0.2) is 0 Å². The molecule has 11 atom stereocenters. The molecule has 4 aliphatic rings. The Balaban J connectivity index is 1.68. The van der Waals surface area contributed by atoms with Gasteiger partial charge in [0.2, 0.25) is 0 Å². The maximum absolute atomic E-state index is 11.7. The highest BCUT2D eigenvalue weighted by Crippen LogP contribution is 2.69. The van der Waals surface area contributed by atoms with Gasteiger partial charge in [0.05, 0.1) is 0 Å². The minimum atomic E-state index is -0.791. The predicted molar refractivity (Wildman–Crippen MR) is 125 cm³/mol. The number of carboxylic acids is 1. The average Bonchev–Trinajstić information content (AvgIpc) is 3.17. The Morgan fingerprint density at radius 3 is 2.34 bits per heavy atom. The number of carbonyl (C=O) groups excluding carboxylic acids is 3. The maximum Gasteiger partial charge on any atom is 0.303 e. The molecule has 1 unspecified atom stereocenters. The molecule has 0 heterocycles. The molecule has 0 amide bonds. The molecule has 0 aromatic heterocycles. The van der Waals surface area contributed by atoms with Crippen LogP contribution >= 0.6 is 0 Å². The molecule has 0 aliphatic heterocycles. The van der Waals surface area contributed by atoms with E-state index in [0.717, 1.165) is 38.5 Å². The molecule has 4 fully saturated rings. The van der Waals surface area contributed by atoms with Crippen LogP contribution in [0.3, 0.4) is 0 Å². The Morgan fingerprint density at radius 2 is 1.69 bits per heavy atom. The molecular formula is C27H40O8. The molecule has 35 heavy (non-hydrogen) atoms. The smallest absolute Gasteiger partial charge is 0.303 e. The highest BCUT2D eigenvalue weighted by atomic mass is 16.5. The summed E-state index contributed by atoms with van der Waals surface area (Å²) in [5.41, 5.74) is -0.319. The third kappa shape index (κ3) is 4.35. The average molecular weight is 493 g/mol. The van der Waals surface area contributed by atoms with E-state index in [1.807, 2.05) is 0 Å². The van der Waals surface area contributed by atoms with Crippen LogP contribution in [0.15, 0.2) is 0 Å². The standard InChI is InChI=1S/C27H40O8/c1-16(4-7-24(31)32)19-5-6-20-25-21(12-23(35-15-30)27(19,20)3)26(2)9-8-18(33-13-28)10-17(26)11-22(25)34-14-29/h13-23,25H,4-12H2,1-3H3,(H,31,32)/t16-,17+,18-,19?,20+,21+,22-,23-,25-,26+,27-/m1/s1. The third-order valence-corrected chi connectivity index (χ3v) is 11.0. The van der Waals surface area contributed by atoms with Crippen molar-refractivity contribution in [3.8, 4) is 0 Å². The number of hydrogen-bond donors (Lipinski definition) is 1. The lowest BCUT2D eigenvalue weighted by Crippen LogP contribution is -2.63. The molecule has 1 N–H and O–H groups in total. The van der Waals surface area contributed by atoms with E-state index in [9.17, 15) is 24.3 Å². The quantitative estimate of drug-likeness (QED) is 0.359. The summed E-state index contributed by atoms with van der Waals surface area (Å²) in [6.45, 7) is 8.34. The Morgan fingerprint density at radius 1 is 0.971 bits per heavy atom. The summed E-state index contributed by atoms with van der Waals surface area (Å²) in [6, 6.07) is 0. The van der Waals surface area contributed by atoms with Crippen LogP contribution in [0.2, 0.25) is 0 Å². The molecule has 0 aromatic rings. The minimum Gasteiger partial charge on any atom is -0.481 e. The molecule has 0 spiro atoms. The first-order valence-corrected chi connectivity index (χ1v) is 13.2. The number of rotatable bonds is 10. The highest BCUT2D eigenvalue weighted by molar-refractivity contribution is 5.66. The van der Waals surface area contributed by atoms with Gasteiger partial charge in [-0.25, -0.2) is 0 Å². The topological polar surface area (TPSA) is 116 Å².